The molecule has 1 aromatic heterocycles. The van der Waals surface area contributed by atoms with Crippen LogP contribution < -0.4 is 0 Å². The fourth-order valence-corrected chi connectivity index (χ4v) is 5.03. The van der Waals surface area contributed by atoms with Gasteiger partial charge in [0.2, 0.25) is 0 Å². The van der Waals surface area contributed by atoms with Crippen molar-refractivity contribution in [2.24, 2.45) is 0 Å². The minimum Gasteiger partial charge on any atom is -0.480 e. The molecule has 0 spiro atoms. The fraction of sp³-hybridized carbons (Fsp3) is 0.417. The van der Waals surface area contributed by atoms with Crippen LogP contribution in [0.25, 0.3) is 6.08 Å². The number of thioether (sulfide) groups is 2. The molecule has 0 aliphatic carbocycles. The maximum Gasteiger partial charge on any atom is 0.327 e. The van der Waals surface area contributed by atoms with E-state index in [1.165, 1.54) is 16.7 Å². The minimum absolute atomic E-state index is 0.118. The van der Waals surface area contributed by atoms with Gasteiger partial charge in [0.25, 0.3) is 5.91 Å². The van der Waals surface area contributed by atoms with Crippen molar-refractivity contribution >= 4 is 41.5 Å². The molecule has 2 unspecified atom stereocenters. The summed E-state index contributed by atoms with van der Waals surface area (Å²) in [4.78, 5) is 29.1. The Labute approximate surface area is 123 Å². The topological polar surface area (TPSA) is 75.4 Å². The molecule has 3 aliphatic rings. The van der Waals surface area contributed by atoms with Crippen LogP contribution in [0.5, 0.6) is 0 Å². The first-order chi connectivity index (χ1) is 9.65. The third-order valence-electron chi connectivity index (χ3n) is 3.66. The van der Waals surface area contributed by atoms with Crippen LogP contribution in [0.1, 0.15) is 5.69 Å². The number of aromatic nitrogens is 2. The summed E-state index contributed by atoms with van der Waals surface area (Å²) in [5, 5.41) is 9.93. The number of carbonyl (C=O) groups excluding carboxylic acids is 1. The van der Waals surface area contributed by atoms with E-state index in [4.69, 9.17) is 5.11 Å². The van der Waals surface area contributed by atoms with Crippen LogP contribution in [0, 0.1) is 0 Å². The normalized spacial score (nSPS) is 29.5. The highest BCUT2D eigenvalue weighted by molar-refractivity contribution is 8.00. The quantitative estimate of drug-likeness (QED) is 0.641. The largest absolute Gasteiger partial charge is 0.480 e. The second-order valence-electron chi connectivity index (χ2n) is 4.84. The van der Waals surface area contributed by atoms with Gasteiger partial charge in [0.15, 0.2) is 5.16 Å². The van der Waals surface area contributed by atoms with E-state index < -0.39 is 12.0 Å². The molecule has 3 aliphatic heterocycles. The summed E-state index contributed by atoms with van der Waals surface area (Å²) in [5.74, 6) is 0.404. The van der Waals surface area contributed by atoms with Gasteiger partial charge < -0.3 is 14.6 Å². The molecular weight excluding hydrogens is 298 g/mol. The van der Waals surface area contributed by atoms with Crippen molar-refractivity contribution in [1.29, 1.82) is 0 Å². The molecule has 1 amide bonds. The first kappa shape index (κ1) is 12.3. The highest BCUT2D eigenvalue weighted by atomic mass is 32.2. The number of β-lactam (4-membered cyclic amide) rings is 1. The molecule has 8 heteroatoms. The number of carboxylic acid groups (broad SMARTS) is 1. The molecule has 104 valence electrons. The highest BCUT2D eigenvalue weighted by Gasteiger charge is 2.53. The van der Waals surface area contributed by atoms with Crippen LogP contribution in [0.4, 0.5) is 0 Å². The van der Waals surface area contributed by atoms with Crippen molar-refractivity contribution < 1.29 is 14.7 Å². The summed E-state index contributed by atoms with van der Waals surface area (Å²) < 4.78 is 2.08. The van der Waals surface area contributed by atoms with E-state index in [9.17, 15) is 9.59 Å². The van der Waals surface area contributed by atoms with Gasteiger partial charge in [0.1, 0.15) is 11.4 Å². The van der Waals surface area contributed by atoms with E-state index >= 15 is 0 Å². The number of amides is 1. The number of nitrogens with zero attached hydrogens (tertiary/aromatic N) is 3. The molecule has 6 nitrogen and oxygen atoms in total. The number of carbonyl (C=O) groups is 2. The zero-order valence-corrected chi connectivity index (χ0v) is 12.0. The predicted molar refractivity (Wildman–Crippen MR) is 75.4 cm³/mol. The lowest BCUT2D eigenvalue weighted by Crippen LogP contribution is -2.56. The number of aliphatic carboxylic acids is 1. The predicted octanol–water partition coefficient (Wildman–Crippen LogP) is 0.740. The van der Waals surface area contributed by atoms with Crippen molar-refractivity contribution in [3.8, 4) is 0 Å². The summed E-state index contributed by atoms with van der Waals surface area (Å²) in [5.41, 5.74) is 1.45. The van der Waals surface area contributed by atoms with Crippen molar-refractivity contribution in [3.63, 3.8) is 0 Å². The number of rotatable bonds is 2. The van der Waals surface area contributed by atoms with Gasteiger partial charge >= 0.3 is 5.97 Å². The molecule has 2 atom stereocenters. The molecule has 1 N–H and O–H groups in total. The molecule has 2 fully saturated rings. The summed E-state index contributed by atoms with van der Waals surface area (Å²) in [6, 6.07) is -0.683. The van der Waals surface area contributed by atoms with Gasteiger partial charge in [0.05, 0.1) is 11.3 Å². The lowest BCUT2D eigenvalue weighted by Gasteiger charge is -2.38. The first-order valence-electron chi connectivity index (χ1n) is 6.24. The van der Waals surface area contributed by atoms with Crippen LogP contribution in [-0.4, -0.2) is 54.4 Å². The van der Waals surface area contributed by atoms with Gasteiger partial charge in [-0.25, -0.2) is 9.78 Å². The van der Waals surface area contributed by atoms with E-state index in [0.717, 1.165) is 23.1 Å². The molecule has 1 aromatic rings. The Hall–Kier alpha value is -1.41. The molecule has 0 saturated carbocycles. The summed E-state index contributed by atoms with van der Waals surface area (Å²) in [6.45, 7) is 0.954. The molecule has 4 rings (SSSR count). The van der Waals surface area contributed by atoms with E-state index in [2.05, 4.69) is 9.55 Å². The van der Waals surface area contributed by atoms with Crippen molar-refractivity contribution in [2.45, 2.75) is 23.1 Å². The summed E-state index contributed by atoms with van der Waals surface area (Å²) in [6.07, 6.45) is 3.75. The Morgan fingerprint density at radius 1 is 1.55 bits per heavy atom. The Balaban J connectivity index is 1.60. The van der Waals surface area contributed by atoms with E-state index in [1.807, 2.05) is 6.20 Å². The summed E-state index contributed by atoms with van der Waals surface area (Å²) in [7, 11) is 0. The number of fused-ring (bicyclic) bond motifs is 2. The number of aryl methyl sites for hydroxylation is 1. The average molecular weight is 309 g/mol. The van der Waals surface area contributed by atoms with Gasteiger partial charge in [-0.15, -0.1) is 11.8 Å². The van der Waals surface area contributed by atoms with Gasteiger partial charge in [-0.3, -0.25) is 4.79 Å². The highest BCUT2D eigenvalue weighted by Crippen LogP contribution is 2.44. The zero-order valence-electron chi connectivity index (χ0n) is 10.4. The van der Waals surface area contributed by atoms with Crippen molar-refractivity contribution in [3.05, 3.63) is 17.5 Å². The second-order valence-corrected chi connectivity index (χ2v) is 7.02. The Bertz CT molecular complexity index is 633. The lowest BCUT2D eigenvalue weighted by molar-refractivity contribution is -0.150. The molecule has 0 bridgehead atoms. The first-order valence-corrected chi connectivity index (χ1v) is 8.27. The van der Waals surface area contributed by atoms with Gasteiger partial charge in [-0.05, 0) is 6.08 Å². The Morgan fingerprint density at radius 3 is 3.15 bits per heavy atom. The average Bonchev–Trinajstić information content (AvgIpc) is 3.07. The van der Waals surface area contributed by atoms with E-state index in [1.54, 1.807) is 17.8 Å². The Morgan fingerprint density at radius 2 is 2.40 bits per heavy atom. The van der Waals surface area contributed by atoms with E-state index in [-0.39, 0.29) is 11.3 Å². The number of imidazole rings is 1. The van der Waals surface area contributed by atoms with Crippen molar-refractivity contribution in [1.82, 2.24) is 14.5 Å². The third-order valence-corrected chi connectivity index (χ3v) is 5.93. The molecule has 20 heavy (non-hydrogen) atoms. The SMILES string of the molecule is O=C(O)C1CSC2C(=Cc3cn4c(n3)SCC4)C(=O)N12. The van der Waals surface area contributed by atoms with E-state index in [0.29, 0.717) is 11.3 Å². The summed E-state index contributed by atoms with van der Waals surface area (Å²) >= 11 is 3.22. The van der Waals surface area contributed by atoms with Crippen LogP contribution in [0.15, 0.2) is 16.9 Å². The smallest absolute Gasteiger partial charge is 0.327 e. The van der Waals surface area contributed by atoms with Gasteiger partial charge in [-0.2, -0.15) is 0 Å². The molecule has 0 aromatic carbocycles. The maximum atomic E-state index is 12.1. The molecule has 4 heterocycles. The van der Waals surface area contributed by atoms with Gasteiger partial charge in [0, 0.05) is 24.2 Å². The number of hydrogen-bond acceptors (Lipinski definition) is 5. The fourth-order valence-electron chi connectivity index (χ4n) is 2.66. The molecular formula is C12H11N3O3S2. The van der Waals surface area contributed by atoms with Crippen molar-refractivity contribution in [2.75, 3.05) is 11.5 Å². The van der Waals surface area contributed by atoms with Crippen LogP contribution in [-0.2, 0) is 16.1 Å². The van der Waals surface area contributed by atoms with Crippen LogP contribution in [0.3, 0.4) is 0 Å². The van der Waals surface area contributed by atoms with Crippen LogP contribution in [0.2, 0.25) is 0 Å². The maximum absolute atomic E-state index is 12.1. The second kappa shape index (κ2) is 4.29. The zero-order chi connectivity index (χ0) is 13.9. The Kier molecular flexibility index (Phi) is 2.65. The number of hydrogen-bond donors (Lipinski definition) is 1. The minimum atomic E-state index is -0.926. The standard InChI is InChI=1S/C12H11N3O3S2/c16-9-7(10-15(9)8(5-20-10)11(17)18)3-6-4-14-1-2-19-12(14)13-6/h3-4,8,10H,1-2,5H2,(H,17,18). The molecule has 0 radical (unpaired) electrons. The monoisotopic (exact) mass is 309 g/mol. The van der Waals surface area contributed by atoms with Crippen LogP contribution >= 0.6 is 23.5 Å². The molecule has 2 saturated heterocycles. The number of carboxylic acids is 1. The lowest BCUT2D eigenvalue weighted by atomic mass is 10.0. The van der Waals surface area contributed by atoms with Gasteiger partial charge in [-0.1, -0.05) is 11.8 Å². The third kappa shape index (κ3) is 1.64.